The van der Waals surface area contributed by atoms with Crippen molar-refractivity contribution in [3.8, 4) is 6.07 Å². The highest BCUT2D eigenvalue weighted by Crippen LogP contribution is 2.17. The van der Waals surface area contributed by atoms with E-state index in [9.17, 15) is 4.79 Å². The number of amides is 1. The van der Waals surface area contributed by atoms with Crippen molar-refractivity contribution in [1.82, 2.24) is 10.2 Å². The molecular weight excluding hydrogens is 260 g/mol. The summed E-state index contributed by atoms with van der Waals surface area (Å²) in [7, 11) is 0. The lowest BCUT2D eigenvalue weighted by atomic mass is 10.1. The topological polar surface area (TPSA) is 78.7 Å². The van der Waals surface area contributed by atoms with E-state index in [1.54, 1.807) is 24.3 Å². The van der Waals surface area contributed by atoms with Gasteiger partial charge in [-0.1, -0.05) is 24.3 Å². The molecule has 19 heavy (non-hydrogen) atoms. The molecule has 2 aromatic rings. The molecule has 96 valence electrons. The molecule has 1 aromatic carbocycles. The SMILES string of the molecule is CCCc1nnc(NC(=O)c2cccc(C#N)c2)s1. The molecule has 0 unspecified atom stereocenters. The van der Waals surface area contributed by atoms with Crippen LogP contribution in [0.3, 0.4) is 0 Å². The first-order valence-electron chi connectivity index (χ1n) is 5.87. The molecule has 0 aliphatic heterocycles. The summed E-state index contributed by atoms with van der Waals surface area (Å²) < 4.78 is 0. The minimum absolute atomic E-state index is 0.281. The summed E-state index contributed by atoms with van der Waals surface area (Å²) >= 11 is 1.37. The summed E-state index contributed by atoms with van der Waals surface area (Å²) in [6, 6.07) is 8.53. The number of nitrogens with one attached hydrogen (secondary N) is 1. The highest BCUT2D eigenvalue weighted by molar-refractivity contribution is 7.15. The molecule has 0 saturated carbocycles. The van der Waals surface area contributed by atoms with Crippen molar-refractivity contribution < 1.29 is 4.79 Å². The first-order chi connectivity index (χ1) is 9.22. The van der Waals surface area contributed by atoms with E-state index in [1.165, 1.54) is 11.3 Å². The van der Waals surface area contributed by atoms with E-state index in [0.29, 0.717) is 16.3 Å². The zero-order chi connectivity index (χ0) is 13.7. The molecule has 1 N–H and O–H groups in total. The second kappa shape index (κ2) is 6.07. The van der Waals surface area contributed by atoms with Crippen LogP contribution in [0.25, 0.3) is 0 Å². The number of anilines is 1. The number of hydrogen-bond donors (Lipinski definition) is 1. The Hall–Kier alpha value is -2.26. The largest absolute Gasteiger partial charge is 0.296 e. The fraction of sp³-hybridized carbons (Fsp3) is 0.231. The number of benzene rings is 1. The number of aromatic nitrogens is 2. The quantitative estimate of drug-likeness (QED) is 0.927. The van der Waals surface area contributed by atoms with E-state index < -0.39 is 0 Å². The second-order valence-corrected chi connectivity index (χ2v) is 4.96. The number of nitrogens with zero attached hydrogens (tertiary/aromatic N) is 3. The van der Waals surface area contributed by atoms with Crippen LogP contribution < -0.4 is 5.32 Å². The molecule has 0 fully saturated rings. The lowest BCUT2D eigenvalue weighted by Crippen LogP contribution is -2.11. The third-order valence-electron chi connectivity index (χ3n) is 2.41. The third-order valence-corrected chi connectivity index (χ3v) is 3.30. The van der Waals surface area contributed by atoms with Gasteiger partial charge in [0.05, 0.1) is 11.6 Å². The number of rotatable bonds is 4. The monoisotopic (exact) mass is 272 g/mol. The normalized spacial score (nSPS) is 9.89. The Labute approximate surface area is 114 Å². The van der Waals surface area contributed by atoms with Crippen LogP contribution >= 0.6 is 11.3 Å². The number of aryl methyl sites for hydroxylation is 1. The zero-order valence-electron chi connectivity index (χ0n) is 10.4. The van der Waals surface area contributed by atoms with Gasteiger partial charge in [-0.25, -0.2) is 0 Å². The molecular formula is C13H12N4OS. The predicted molar refractivity (Wildman–Crippen MR) is 73.0 cm³/mol. The van der Waals surface area contributed by atoms with Crippen LogP contribution in [0.4, 0.5) is 5.13 Å². The fourth-order valence-corrected chi connectivity index (χ4v) is 2.35. The summed E-state index contributed by atoms with van der Waals surface area (Å²) in [6.45, 7) is 2.06. The van der Waals surface area contributed by atoms with Gasteiger partial charge in [-0.15, -0.1) is 10.2 Å². The van der Waals surface area contributed by atoms with Crippen LogP contribution in [0.2, 0.25) is 0 Å². The van der Waals surface area contributed by atoms with Crippen LogP contribution in [0, 0.1) is 11.3 Å². The molecule has 0 aliphatic carbocycles. The molecule has 1 aromatic heterocycles. The summed E-state index contributed by atoms with van der Waals surface area (Å²) in [4.78, 5) is 12.0. The fourth-order valence-electron chi connectivity index (χ4n) is 1.52. The van der Waals surface area contributed by atoms with E-state index >= 15 is 0 Å². The Kier molecular flexibility index (Phi) is 4.21. The lowest BCUT2D eigenvalue weighted by molar-refractivity contribution is 0.102. The van der Waals surface area contributed by atoms with Gasteiger partial charge in [0.1, 0.15) is 5.01 Å². The molecule has 5 nitrogen and oxygen atoms in total. The molecule has 0 saturated heterocycles. The van der Waals surface area contributed by atoms with E-state index in [2.05, 4.69) is 22.4 Å². The van der Waals surface area contributed by atoms with Crippen LogP contribution in [0.5, 0.6) is 0 Å². The molecule has 0 aliphatic rings. The van der Waals surface area contributed by atoms with E-state index in [4.69, 9.17) is 5.26 Å². The van der Waals surface area contributed by atoms with Crippen molar-refractivity contribution in [3.05, 3.63) is 40.4 Å². The average Bonchev–Trinajstić information content (AvgIpc) is 2.86. The van der Waals surface area contributed by atoms with Crippen molar-refractivity contribution in [2.24, 2.45) is 0 Å². The zero-order valence-corrected chi connectivity index (χ0v) is 11.2. The third kappa shape index (κ3) is 3.36. The van der Waals surface area contributed by atoms with E-state index in [0.717, 1.165) is 17.8 Å². The van der Waals surface area contributed by atoms with Crippen molar-refractivity contribution in [1.29, 1.82) is 5.26 Å². The minimum atomic E-state index is -0.281. The predicted octanol–water partition coefficient (Wildman–Crippen LogP) is 2.61. The number of nitriles is 1. The van der Waals surface area contributed by atoms with E-state index in [-0.39, 0.29) is 5.91 Å². The number of carbonyl (C=O) groups excluding carboxylic acids is 1. The van der Waals surface area contributed by atoms with Gasteiger partial charge in [-0.3, -0.25) is 10.1 Å². The van der Waals surface area contributed by atoms with E-state index in [1.807, 2.05) is 6.07 Å². The van der Waals surface area contributed by atoms with Crippen LogP contribution in [-0.2, 0) is 6.42 Å². The Balaban J connectivity index is 2.09. The number of carbonyl (C=O) groups is 1. The van der Waals surface area contributed by atoms with Gasteiger partial charge in [-0.05, 0) is 24.6 Å². The molecule has 1 heterocycles. The molecule has 0 atom stereocenters. The van der Waals surface area contributed by atoms with Crippen molar-refractivity contribution in [3.63, 3.8) is 0 Å². The first kappa shape index (κ1) is 13.2. The van der Waals surface area contributed by atoms with Crippen LogP contribution in [0.1, 0.15) is 34.3 Å². The van der Waals surface area contributed by atoms with Crippen molar-refractivity contribution >= 4 is 22.4 Å². The Morgan fingerprint density at radius 1 is 1.47 bits per heavy atom. The maximum absolute atomic E-state index is 12.0. The maximum Gasteiger partial charge on any atom is 0.257 e. The summed E-state index contributed by atoms with van der Waals surface area (Å²) in [6.07, 6.45) is 1.85. The maximum atomic E-state index is 12.0. The first-order valence-corrected chi connectivity index (χ1v) is 6.68. The highest BCUT2D eigenvalue weighted by Gasteiger charge is 2.10. The summed E-state index contributed by atoms with van der Waals surface area (Å²) in [5, 5.41) is 20.8. The number of hydrogen-bond acceptors (Lipinski definition) is 5. The molecule has 1 amide bonds. The van der Waals surface area contributed by atoms with Crippen LogP contribution in [-0.4, -0.2) is 16.1 Å². The Bertz CT molecular complexity index is 630. The summed E-state index contributed by atoms with van der Waals surface area (Å²) in [5.74, 6) is -0.281. The molecule has 0 spiro atoms. The molecule has 6 heteroatoms. The van der Waals surface area contributed by atoms with Gasteiger partial charge < -0.3 is 0 Å². The molecule has 2 rings (SSSR count). The van der Waals surface area contributed by atoms with Gasteiger partial charge in [0, 0.05) is 12.0 Å². The molecule has 0 bridgehead atoms. The Morgan fingerprint density at radius 2 is 2.32 bits per heavy atom. The van der Waals surface area contributed by atoms with Gasteiger partial charge in [0.2, 0.25) is 5.13 Å². The lowest BCUT2D eigenvalue weighted by Gasteiger charge is -2.00. The van der Waals surface area contributed by atoms with Crippen LogP contribution in [0.15, 0.2) is 24.3 Å². The highest BCUT2D eigenvalue weighted by atomic mass is 32.1. The van der Waals surface area contributed by atoms with Gasteiger partial charge in [-0.2, -0.15) is 5.26 Å². The summed E-state index contributed by atoms with van der Waals surface area (Å²) in [5.41, 5.74) is 0.892. The average molecular weight is 272 g/mol. The standard InChI is InChI=1S/C13H12N4OS/c1-2-4-11-16-17-13(19-11)15-12(18)10-6-3-5-9(7-10)8-14/h3,5-7H,2,4H2,1H3,(H,15,17,18). The molecule has 0 radical (unpaired) electrons. The van der Waals surface area contributed by atoms with Gasteiger partial charge in [0.25, 0.3) is 5.91 Å². The minimum Gasteiger partial charge on any atom is -0.296 e. The van der Waals surface area contributed by atoms with Crippen molar-refractivity contribution in [2.75, 3.05) is 5.32 Å². The smallest absolute Gasteiger partial charge is 0.257 e. The van der Waals surface area contributed by atoms with Gasteiger partial charge in [0.15, 0.2) is 0 Å². The van der Waals surface area contributed by atoms with Gasteiger partial charge >= 0.3 is 0 Å². The second-order valence-electron chi connectivity index (χ2n) is 3.90. The Morgan fingerprint density at radius 3 is 3.05 bits per heavy atom. The van der Waals surface area contributed by atoms with Crippen molar-refractivity contribution in [2.45, 2.75) is 19.8 Å².